The van der Waals surface area contributed by atoms with Crippen LogP contribution in [0, 0.1) is 24.0 Å². The third kappa shape index (κ3) is 6.36. The lowest BCUT2D eigenvalue weighted by Gasteiger charge is -2.24. The molecule has 3 aromatic carbocycles. The topological polar surface area (TPSA) is 122 Å². The highest BCUT2D eigenvalue weighted by Crippen LogP contribution is 2.28. The number of sulfonamides is 1. The number of halogens is 2. The van der Waals surface area contributed by atoms with Gasteiger partial charge in [-0.25, -0.2) is 13.8 Å². The van der Waals surface area contributed by atoms with E-state index in [1.54, 1.807) is 31.2 Å². The van der Waals surface area contributed by atoms with Crippen molar-refractivity contribution in [1.29, 1.82) is 0 Å². The van der Waals surface area contributed by atoms with Crippen LogP contribution in [0.25, 0.3) is 0 Å². The monoisotopic (exact) mass is 534 g/mol. The van der Waals surface area contributed by atoms with E-state index in [1.165, 1.54) is 36.4 Å². The molecule has 0 radical (unpaired) electrons. The Balaban J connectivity index is 1.87. The zero-order valence-corrected chi connectivity index (χ0v) is 20.9. The molecule has 9 nitrogen and oxygen atoms in total. The second-order valence-corrected chi connectivity index (χ2v) is 10.2. The molecule has 0 atom stereocenters. The number of nitro benzene ring substituents is 1. The second kappa shape index (κ2) is 10.9. The van der Waals surface area contributed by atoms with Gasteiger partial charge < -0.3 is 0 Å². The molecule has 0 aromatic heterocycles. The molecule has 12 heteroatoms. The van der Waals surface area contributed by atoms with Gasteiger partial charge in [-0.3, -0.25) is 19.2 Å². The Bertz CT molecular complexity index is 1410. The molecule has 0 unspecified atom stereocenters. The number of amides is 1. The van der Waals surface area contributed by atoms with Crippen LogP contribution < -0.4 is 9.73 Å². The summed E-state index contributed by atoms with van der Waals surface area (Å²) in [5, 5.41) is 15.2. The third-order valence-electron chi connectivity index (χ3n) is 4.92. The minimum Gasteiger partial charge on any atom is -0.271 e. The minimum atomic E-state index is -4.13. The molecule has 1 amide bonds. The molecule has 0 fully saturated rings. The fourth-order valence-electron chi connectivity index (χ4n) is 2.97. The van der Waals surface area contributed by atoms with Crippen LogP contribution in [-0.4, -0.2) is 32.0 Å². The van der Waals surface area contributed by atoms with Gasteiger partial charge in [0.15, 0.2) is 0 Å². The molecule has 35 heavy (non-hydrogen) atoms. The van der Waals surface area contributed by atoms with E-state index in [9.17, 15) is 23.3 Å². The van der Waals surface area contributed by atoms with Crippen molar-refractivity contribution in [3.63, 3.8) is 0 Å². The van der Waals surface area contributed by atoms with E-state index >= 15 is 0 Å². The highest BCUT2D eigenvalue weighted by molar-refractivity contribution is 7.92. The highest BCUT2D eigenvalue weighted by atomic mass is 35.5. The standard InChI is InChI=1S/C23H20Cl2N4O5S/c1-15-3-8-20(9-4-15)35(33,34)28(18-6-5-16(2)22(25)12-18)14-23(30)27-26-13-17-11-19(29(31)32)7-10-21(17)24/h3-13H,14H2,1-2H3,(H,27,30)/b26-13-. The quantitative estimate of drug-likeness (QED) is 0.251. The number of hydrogen-bond donors (Lipinski definition) is 1. The largest absolute Gasteiger partial charge is 0.271 e. The summed E-state index contributed by atoms with van der Waals surface area (Å²) in [4.78, 5) is 23.0. The maximum atomic E-state index is 13.4. The van der Waals surface area contributed by atoms with Crippen molar-refractivity contribution in [2.24, 2.45) is 5.10 Å². The van der Waals surface area contributed by atoms with Gasteiger partial charge in [0.2, 0.25) is 0 Å². The van der Waals surface area contributed by atoms with Gasteiger partial charge in [-0.05, 0) is 49.7 Å². The molecule has 0 heterocycles. The molecule has 1 N–H and O–H groups in total. The van der Waals surface area contributed by atoms with Crippen LogP contribution in [0.1, 0.15) is 16.7 Å². The number of carbonyl (C=O) groups excluding carboxylic acids is 1. The summed E-state index contributed by atoms with van der Waals surface area (Å²) in [6.07, 6.45) is 1.13. The van der Waals surface area contributed by atoms with Gasteiger partial charge in [0.1, 0.15) is 6.54 Å². The molecule has 0 bridgehead atoms. The van der Waals surface area contributed by atoms with Crippen molar-refractivity contribution in [3.8, 4) is 0 Å². The number of nitrogens with one attached hydrogen (secondary N) is 1. The molecule has 0 spiro atoms. The third-order valence-corrected chi connectivity index (χ3v) is 7.46. The van der Waals surface area contributed by atoms with E-state index < -0.39 is 27.4 Å². The number of nitro groups is 1. The van der Waals surface area contributed by atoms with Crippen LogP contribution in [0.15, 0.2) is 70.7 Å². The Morgan fingerprint density at radius 2 is 1.74 bits per heavy atom. The Labute approximate surface area is 212 Å². The van der Waals surface area contributed by atoms with Gasteiger partial charge in [0.25, 0.3) is 21.6 Å². The van der Waals surface area contributed by atoms with E-state index in [2.05, 4.69) is 10.5 Å². The van der Waals surface area contributed by atoms with Gasteiger partial charge in [-0.15, -0.1) is 0 Å². The van der Waals surface area contributed by atoms with E-state index in [0.717, 1.165) is 21.6 Å². The first-order chi connectivity index (χ1) is 16.5. The summed E-state index contributed by atoms with van der Waals surface area (Å²) in [5.74, 6) is -0.754. The van der Waals surface area contributed by atoms with Gasteiger partial charge in [-0.1, -0.05) is 47.0 Å². The maximum absolute atomic E-state index is 13.4. The number of non-ortho nitro benzene ring substituents is 1. The van der Waals surface area contributed by atoms with Crippen LogP contribution in [0.3, 0.4) is 0 Å². The van der Waals surface area contributed by atoms with Crippen LogP contribution in [0.4, 0.5) is 11.4 Å². The zero-order chi connectivity index (χ0) is 25.8. The van der Waals surface area contributed by atoms with Crippen LogP contribution in [-0.2, 0) is 14.8 Å². The zero-order valence-electron chi connectivity index (χ0n) is 18.6. The normalized spacial score (nSPS) is 11.4. The Morgan fingerprint density at radius 3 is 2.37 bits per heavy atom. The number of hydrazone groups is 1. The van der Waals surface area contributed by atoms with Crippen molar-refractivity contribution >= 4 is 56.7 Å². The first-order valence-electron chi connectivity index (χ1n) is 10.1. The molecule has 182 valence electrons. The average Bonchev–Trinajstić information content (AvgIpc) is 2.80. The molecular weight excluding hydrogens is 515 g/mol. The summed E-state index contributed by atoms with van der Waals surface area (Å²) in [7, 11) is -4.13. The Hall–Kier alpha value is -3.47. The summed E-state index contributed by atoms with van der Waals surface area (Å²) >= 11 is 12.2. The number of anilines is 1. The molecule has 0 saturated carbocycles. The fraction of sp³-hybridized carbons (Fsp3) is 0.130. The summed E-state index contributed by atoms with van der Waals surface area (Å²) in [5.41, 5.74) is 4.05. The molecule has 0 aliphatic rings. The van der Waals surface area contributed by atoms with Gasteiger partial charge >= 0.3 is 0 Å². The number of nitrogens with zero attached hydrogens (tertiary/aromatic N) is 3. The molecule has 0 saturated heterocycles. The van der Waals surface area contributed by atoms with Crippen LogP contribution in [0.2, 0.25) is 10.0 Å². The number of rotatable bonds is 8. The number of carbonyl (C=O) groups is 1. The second-order valence-electron chi connectivity index (χ2n) is 7.51. The summed E-state index contributed by atoms with van der Waals surface area (Å²) < 4.78 is 27.7. The molecule has 3 aromatic rings. The summed E-state index contributed by atoms with van der Waals surface area (Å²) in [6, 6.07) is 14.6. The minimum absolute atomic E-state index is 0.000486. The molecule has 3 rings (SSSR count). The Kier molecular flexibility index (Phi) is 8.11. The SMILES string of the molecule is Cc1ccc(S(=O)(=O)N(CC(=O)N/N=C\c2cc([N+](=O)[O-])ccc2Cl)c2ccc(C)c(Cl)c2)cc1. The molecule has 0 aliphatic heterocycles. The van der Waals surface area contributed by atoms with Crippen LogP contribution >= 0.6 is 23.2 Å². The van der Waals surface area contributed by atoms with Gasteiger partial charge in [-0.2, -0.15) is 5.10 Å². The van der Waals surface area contributed by atoms with E-state index in [-0.39, 0.29) is 26.9 Å². The molecule has 0 aliphatic carbocycles. The van der Waals surface area contributed by atoms with Crippen molar-refractivity contribution in [3.05, 3.63) is 97.5 Å². The smallest absolute Gasteiger partial charge is 0.270 e. The van der Waals surface area contributed by atoms with Crippen molar-refractivity contribution in [2.75, 3.05) is 10.8 Å². The van der Waals surface area contributed by atoms with Crippen LogP contribution in [0.5, 0.6) is 0 Å². The first kappa shape index (κ1) is 26.1. The van der Waals surface area contributed by atoms with Gasteiger partial charge in [0.05, 0.1) is 21.7 Å². The summed E-state index contributed by atoms with van der Waals surface area (Å²) in [6.45, 7) is 2.99. The Morgan fingerprint density at radius 1 is 1.06 bits per heavy atom. The first-order valence-corrected chi connectivity index (χ1v) is 12.3. The predicted octanol–water partition coefficient (Wildman–Crippen LogP) is 4.86. The average molecular weight is 535 g/mol. The van der Waals surface area contributed by atoms with E-state index in [1.807, 2.05) is 6.92 Å². The lowest BCUT2D eigenvalue weighted by molar-refractivity contribution is -0.384. The van der Waals surface area contributed by atoms with Crippen molar-refractivity contribution in [2.45, 2.75) is 18.7 Å². The number of aryl methyl sites for hydroxylation is 2. The van der Waals surface area contributed by atoms with Crippen molar-refractivity contribution in [1.82, 2.24) is 5.43 Å². The van der Waals surface area contributed by atoms with E-state index in [0.29, 0.717) is 5.02 Å². The molecular formula is C23H20Cl2N4O5S. The fourth-order valence-corrected chi connectivity index (χ4v) is 4.73. The van der Waals surface area contributed by atoms with Gasteiger partial charge in [0, 0.05) is 27.7 Å². The lowest BCUT2D eigenvalue weighted by Crippen LogP contribution is -2.39. The van der Waals surface area contributed by atoms with E-state index in [4.69, 9.17) is 23.2 Å². The van der Waals surface area contributed by atoms with Crippen molar-refractivity contribution < 1.29 is 18.1 Å². The maximum Gasteiger partial charge on any atom is 0.270 e. The number of benzene rings is 3. The highest BCUT2D eigenvalue weighted by Gasteiger charge is 2.27. The predicted molar refractivity (Wildman–Crippen MR) is 136 cm³/mol. The number of hydrogen-bond acceptors (Lipinski definition) is 6. The lowest BCUT2D eigenvalue weighted by atomic mass is 10.2.